The van der Waals surface area contributed by atoms with Crippen LogP contribution >= 0.6 is 0 Å². The predicted molar refractivity (Wildman–Crippen MR) is 169 cm³/mol. The van der Waals surface area contributed by atoms with E-state index in [9.17, 15) is 14.7 Å². The Balaban J connectivity index is 0.00000340. The lowest BCUT2D eigenvalue weighted by Gasteiger charge is -2.30. The van der Waals surface area contributed by atoms with Crippen LogP contribution in [-0.2, 0) is 31.1 Å². The summed E-state index contributed by atoms with van der Waals surface area (Å²) in [5, 5.41) is 13.9. The Bertz CT molecular complexity index is 1100. The van der Waals surface area contributed by atoms with Crippen molar-refractivity contribution in [2.24, 2.45) is 40.6 Å². The van der Waals surface area contributed by atoms with Gasteiger partial charge in [0.15, 0.2) is 11.5 Å². The van der Waals surface area contributed by atoms with Gasteiger partial charge in [0.1, 0.15) is 0 Å². The summed E-state index contributed by atoms with van der Waals surface area (Å²) >= 11 is 0. The molecule has 0 fully saturated rings. The Morgan fingerprint density at radius 1 is 1.00 bits per heavy atom. The molecule has 0 saturated carbocycles. The van der Waals surface area contributed by atoms with Crippen molar-refractivity contribution in [1.82, 2.24) is 5.32 Å². The van der Waals surface area contributed by atoms with E-state index < -0.39 is 39.8 Å². The van der Waals surface area contributed by atoms with Gasteiger partial charge >= 0.3 is 10.4 Å². The van der Waals surface area contributed by atoms with E-state index in [1.807, 2.05) is 32.0 Å². The fourth-order valence-corrected chi connectivity index (χ4v) is 4.39. The molecule has 0 unspecified atom stereocenters. The van der Waals surface area contributed by atoms with E-state index in [0.717, 1.165) is 18.4 Å². The molecule has 1 aromatic rings. The van der Waals surface area contributed by atoms with Gasteiger partial charge in [-0.25, -0.2) is 0 Å². The molecule has 0 aliphatic carbocycles. The Morgan fingerprint density at radius 3 is 2.07 bits per heavy atom. The molecular weight excluding hydrogens is 594 g/mol. The third-order valence-electron chi connectivity index (χ3n) is 7.50. The number of aliphatic hydroxyl groups is 1. The first-order chi connectivity index (χ1) is 20.2. The van der Waals surface area contributed by atoms with E-state index in [1.165, 1.54) is 0 Å². The van der Waals surface area contributed by atoms with Crippen LogP contribution in [0.4, 0.5) is 0 Å². The Hall–Kier alpha value is -2.49. The smallest absolute Gasteiger partial charge is 0.394 e. The van der Waals surface area contributed by atoms with Crippen LogP contribution in [-0.4, -0.2) is 80.6 Å². The minimum Gasteiger partial charge on any atom is -0.493 e. The fourth-order valence-electron chi connectivity index (χ4n) is 4.39. The van der Waals surface area contributed by atoms with E-state index >= 15 is 0 Å². The van der Waals surface area contributed by atoms with Crippen molar-refractivity contribution in [2.75, 3.05) is 34.0 Å². The molecule has 14 heteroatoms. The van der Waals surface area contributed by atoms with Crippen molar-refractivity contribution in [3.05, 3.63) is 23.8 Å². The van der Waals surface area contributed by atoms with Crippen molar-refractivity contribution in [1.29, 1.82) is 0 Å². The van der Waals surface area contributed by atoms with Crippen LogP contribution in [0, 0.1) is 29.1 Å². The van der Waals surface area contributed by atoms with E-state index in [-0.39, 0.29) is 30.7 Å². The van der Waals surface area contributed by atoms with Crippen molar-refractivity contribution in [3.8, 4) is 11.5 Å². The van der Waals surface area contributed by atoms with E-state index in [2.05, 4.69) is 19.2 Å². The molecule has 0 heterocycles. The third kappa shape index (κ3) is 17.1. The van der Waals surface area contributed by atoms with Crippen molar-refractivity contribution in [3.63, 3.8) is 0 Å². The summed E-state index contributed by atoms with van der Waals surface area (Å²) in [6, 6.07) is 5.47. The Morgan fingerprint density at radius 2 is 1.59 bits per heavy atom. The van der Waals surface area contributed by atoms with Crippen molar-refractivity contribution < 1.29 is 46.4 Å². The molecule has 44 heavy (non-hydrogen) atoms. The standard InChI is InChI=1S/C30H53N3O6.H2O4S/c1-19(2)22(14-21-10-11-26(38-8)27(15-21)39-13-9-12-37-7)16-24(31)25(34)17-23(20(3)4)28(35)33-18-30(5,6)29(32)36;1-5(2,3)4/h10-11,15,19-20,22-25,34H,9,12-14,16-18,31H2,1-8H3,(H2,32,36)(H,33,35);(H2,1,2,3,4)/t22-,23+,24-,25-;/m0./s1. The van der Waals surface area contributed by atoms with Crippen LogP contribution < -0.4 is 26.3 Å². The van der Waals surface area contributed by atoms with E-state index in [0.29, 0.717) is 37.1 Å². The molecule has 1 rings (SSSR count). The van der Waals surface area contributed by atoms with Gasteiger partial charge in [0.2, 0.25) is 11.8 Å². The zero-order valence-corrected chi connectivity index (χ0v) is 28.2. The van der Waals surface area contributed by atoms with Gasteiger partial charge in [0, 0.05) is 38.6 Å². The maximum absolute atomic E-state index is 12.9. The van der Waals surface area contributed by atoms with Gasteiger partial charge in [-0.2, -0.15) is 8.42 Å². The van der Waals surface area contributed by atoms with Crippen LogP contribution in [0.3, 0.4) is 0 Å². The van der Waals surface area contributed by atoms with Gasteiger partial charge in [-0.3, -0.25) is 18.7 Å². The number of ether oxygens (including phenoxy) is 3. The highest BCUT2D eigenvalue weighted by atomic mass is 32.3. The highest BCUT2D eigenvalue weighted by Crippen LogP contribution is 2.32. The van der Waals surface area contributed by atoms with Crippen LogP contribution in [0.15, 0.2) is 18.2 Å². The van der Waals surface area contributed by atoms with Gasteiger partial charge in [-0.05, 0) is 68.6 Å². The number of aliphatic hydroxyl groups excluding tert-OH is 1. The summed E-state index contributed by atoms with van der Waals surface area (Å²) in [5.41, 5.74) is 12.2. The fraction of sp³-hybridized carbons (Fsp3) is 0.733. The molecule has 0 saturated heterocycles. The maximum atomic E-state index is 12.9. The molecule has 0 spiro atoms. The second-order valence-corrected chi connectivity index (χ2v) is 13.3. The number of benzene rings is 1. The normalized spacial score (nSPS) is 14.7. The number of methoxy groups -OCH3 is 2. The number of carbonyl (C=O) groups is 2. The van der Waals surface area contributed by atoms with E-state index in [1.54, 1.807) is 28.1 Å². The Kier molecular flexibility index (Phi) is 18.7. The van der Waals surface area contributed by atoms with Gasteiger partial charge in [-0.1, -0.05) is 33.8 Å². The second kappa shape index (κ2) is 19.8. The second-order valence-electron chi connectivity index (χ2n) is 12.4. The minimum absolute atomic E-state index is 0.00829. The molecule has 2 amide bonds. The first-order valence-corrected chi connectivity index (χ1v) is 16.1. The zero-order valence-electron chi connectivity index (χ0n) is 27.4. The topological polar surface area (TPSA) is 221 Å². The summed E-state index contributed by atoms with van der Waals surface area (Å²) in [4.78, 5) is 24.5. The number of hydrogen-bond donors (Lipinski definition) is 6. The van der Waals surface area contributed by atoms with Crippen LogP contribution in [0.1, 0.15) is 66.4 Å². The monoisotopic (exact) mass is 649 g/mol. The molecule has 0 aromatic heterocycles. The summed E-state index contributed by atoms with van der Waals surface area (Å²) in [5.74, 6) is 0.792. The first kappa shape index (κ1) is 41.5. The summed E-state index contributed by atoms with van der Waals surface area (Å²) in [6.45, 7) is 12.9. The lowest BCUT2D eigenvalue weighted by atomic mass is 9.80. The Labute approximate surface area is 263 Å². The summed E-state index contributed by atoms with van der Waals surface area (Å²) in [7, 11) is -1.38. The summed E-state index contributed by atoms with van der Waals surface area (Å²) in [6.07, 6.45) is 1.56. The molecule has 13 nitrogen and oxygen atoms in total. The average Bonchev–Trinajstić information content (AvgIpc) is 2.91. The van der Waals surface area contributed by atoms with Gasteiger partial charge in [0.25, 0.3) is 0 Å². The average molecular weight is 650 g/mol. The number of amides is 2. The van der Waals surface area contributed by atoms with Crippen LogP contribution in [0.25, 0.3) is 0 Å². The molecular formula is C30H55N3O10S. The third-order valence-corrected chi connectivity index (χ3v) is 7.50. The summed E-state index contributed by atoms with van der Waals surface area (Å²) < 4.78 is 48.1. The van der Waals surface area contributed by atoms with Crippen LogP contribution in [0.5, 0.6) is 11.5 Å². The molecule has 4 atom stereocenters. The predicted octanol–water partition coefficient (Wildman–Crippen LogP) is 2.64. The van der Waals surface area contributed by atoms with E-state index in [4.69, 9.17) is 43.2 Å². The lowest BCUT2D eigenvalue weighted by Crippen LogP contribution is -2.46. The zero-order chi connectivity index (χ0) is 34.3. The number of nitrogens with two attached hydrogens (primary N) is 2. The number of rotatable bonds is 19. The number of nitrogens with one attached hydrogen (secondary N) is 1. The molecule has 0 aliphatic heterocycles. The molecule has 0 bridgehead atoms. The number of primary amides is 1. The van der Waals surface area contributed by atoms with Gasteiger partial charge in [-0.15, -0.1) is 0 Å². The van der Waals surface area contributed by atoms with Crippen molar-refractivity contribution in [2.45, 2.75) is 79.4 Å². The van der Waals surface area contributed by atoms with Gasteiger partial charge < -0.3 is 36.1 Å². The first-order valence-electron chi connectivity index (χ1n) is 14.7. The lowest BCUT2D eigenvalue weighted by molar-refractivity contribution is -0.130. The molecule has 0 radical (unpaired) electrons. The molecule has 0 aliphatic rings. The largest absolute Gasteiger partial charge is 0.493 e. The molecule has 1 aromatic carbocycles. The number of carbonyl (C=O) groups excluding carboxylic acids is 2. The minimum atomic E-state index is -4.67. The molecule has 256 valence electrons. The van der Waals surface area contributed by atoms with Crippen molar-refractivity contribution >= 4 is 22.2 Å². The SMILES string of the molecule is COCCCOc1cc(C[C@@H](C[C@H](N)[C@@H](O)C[C@@H](C(=O)NCC(C)(C)C(N)=O)C(C)C)C(C)C)ccc1OC.O=S(=O)(O)O. The van der Waals surface area contributed by atoms with Gasteiger partial charge in [0.05, 0.1) is 25.2 Å². The highest BCUT2D eigenvalue weighted by molar-refractivity contribution is 7.79. The maximum Gasteiger partial charge on any atom is 0.394 e. The quantitative estimate of drug-likeness (QED) is 0.0944. The molecule has 8 N–H and O–H groups in total. The number of hydrogen-bond acceptors (Lipinski definition) is 9. The van der Waals surface area contributed by atoms with Crippen LogP contribution in [0.2, 0.25) is 0 Å². The highest BCUT2D eigenvalue weighted by Gasteiger charge is 2.32.